The molecule has 1 aliphatic rings. The summed E-state index contributed by atoms with van der Waals surface area (Å²) in [6.45, 7) is 9.90. The molecule has 0 amide bonds. The molecular formula is C14H27F3N2. The number of piperazine rings is 1. The maximum atomic E-state index is 12.5. The summed E-state index contributed by atoms with van der Waals surface area (Å²) in [7, 11) is 0. The minimum absolute atomic E-state index is 0.0275. The smallest absolute Gasteiger partial charge is 0.308 e. The monoisotopic (exact) mass is 280 g/mol. The van der Waals surface area contributed by atoms with Crippen LogP contribution in [-0.4, -0.2) is 41.8 Å². The van der Waals surface area contributed by atoms with Gasteiger partial charge in [0.1, 0.15) is 0 Å². The number of alkyl halides is 3. The highest BCUT2D eigenvalue weighted by molar-refractivity contribution is 5.02. The van der Waals surface area contributed by atoms with Crippen molar-refractivity contribution in [2.75, 3.05) is 19.6 Å². The predicted molar refractivity (Wildman–Crippen MR) is 72.3 cm³/mol. The van der Waals surface area contributed by atoms with Crippen LogP contribution in [0.1, 0.15) is 53.4 Å². The fourth-order valence-electron chi connectivity index (χ4n) is 2.78. The minimum atomic E-state index is -4.07. The number of rotatable bonds is 5. The van der Waals surface area contributed by atoms with E-state index < -0.39 is 12.6 Å². The summed E-state index contributed by atoms with van der Waals surface area (Å²) in [5, 5.41) is 3.58. The average molecular weight is 280 g/mol. The number of hydrogen-bond acceptors (Lipinski definition) is 2. The number of nitrogens with zero attached hydrogens (tertiary/aromatic N) is 1. The molecule has 1 atom stereocenters. The van der Waals surface area contributed by atoms with Crippen molar-refractivity contribution in [3.63, 3.8) is 0 Å². The van der Waals surface area contributed by atoms with Gasteiger partial charge in [-0.3, -0.25) is 4.90 Å². The van der Waals surface area contributed by atoms with Gasteiger partial charge >= 0.3 is 6.18 Å². The Labute approximate surface area is 114 Å². The highest BCUT2D eigenvalue weighted by Gasteiger charge is 2.43. The third-order valence-corrected chi connectivity index (χ3v) is 4.88. The Bertz CT molecular complexity index is 287. The maximum absolute atomic E-state index is 12.5. The van der Waals surface area contributed by atoms with E-state index in [9.17, 15) is 13.2 Å². The highest BCUT2D eigenvalue weighted by atomic mass is 19.4. The first-order valence-electron chi connectivity index (χ1n) is 7.27. The summed E-state index contributed by atoms with van der Waals surface area (Å²) < 4.78 is 37.4. The van der Waals surface area contributed by atoms with Gasteiger partial charge in [-0.15, -0.1) is 0 Å². The van der Waals surface area contributed by atoms with Gasteiger partial charge < -0.3 is 5.32 Å². The van der Waals surface area contributed by atoms with Crippen LogP contribution in [0, 0.1) is 0 Å². The van der Waals surface area contributed by atoms with Crippen molar-refractivity contribution in [2.45, 2.75) is 70.6 Å². The number of hydrogen-bond donors (Lipinski definition) is 1. The molecule has 1 fully saturated rings. The van der Waals surface area contributed by atoms with Crippen molar-refractivity contribution in [2.24, 2.45) is 0 Å². The Morgan fingerprint density at radius 3 is 2.11 bits per heavy atom. The zero-order valence-corrected chi connectivity index (χ0v) is 12.5. The van der Waals surface area contributed by atoms with Gasteiger partial charge in [-0.25, -0.2) is 0 Å². The molecule has 0 spiro atoms. The molecule has 0 saturated carbocycles. The standard InChI is InChI=1S/C14H27F3N2/c1-5-12(4)10-18-13(6-2,7-3)11-19(12)9-8-14(15,16)17/h18H,5-11H2,1-4H3. The zero-order chi connectivity index (χ0) is 14.7. The lowest BCUT2D eigenvalue weighted by Crippen LogP contribution is -2.68. The first-order valence-corrected chi connectivity index (χ1v) is 7.27. The summed E-state index contributed by atoms with van der Waals surface area (Å²) in [6, 6.07) is 0. The molecule has 1 N–H and O–H groups in total. The largest absolute Gasteiger partial charge is 0.390 e. The molecule has 0 aromatic heterocycles. The van der Waals surface area contributed by atoms with Crippen molar-refractivity contribution >= 4 is 0 Å². The van der Waals surface area contributed by atoms with Crippen LogP contribution >= 0.6 is 0 Å². The van der Waals surface area contributed by atoms with Crippen molar-refractivity contribution in [3.8, 4) is 0 Å². The van der Waals surface area contributed by atoms with Crippen LogP contribution in [0.25, 0.3) is 0 Å². The quantitative estimate of drug-likeness (QED) is 0.828. The van der Waals surface area contributed by atoms with Crippen LogP contribution in [0.15, 0.2) is 0 Å². The Hall–Kier alpha value is -0.290. The van der Waals surface area contributed by atoms with Gasteiger partial charge in [-0.05, 0) is 26.2 Å². The summed E-state index contributed by atoms with van der Waals surface area (Å²) in [6.07, 6.45) is -2.02. The molecular weight excluding hydrogens is 253 g/mol. The normalized spacial score (nSPS) is 28.6. The third kappa shape index (κ3) is 4.09. The van der Waals surface area contributed by atoms with Gasteiger partial charge in [0.05, 0.1) is 6.42 Å². The van der Waals surface area contributed by atoms with E-state index in [0.29, 0.717) is 6.54 Å². The summed E-state index contributed by atoms with van der Waals surface area (Å²) in [4.78, 5) is 2.05. The van der Waals surface area contributed by atoms with Crippen molar-refractivity contribution in [3.05, 3.63) is 0 Å². The van der Waals surface area contributed by atoms with E-state index in [-0.39, 0.29) is 17.6 Å². The number of nitrogens with one attached hydrogen (secondary N) is 1. The number of halogens is 3. The van der Waals surface area contributed by atoms with Crippen molar-refractivity contribution < 1.29 is 13.2 Å². The topological polar surface area (TPSA) is 15.3 Å². The van der Waals surface area contributed by atoms with Crippen LogP contribution in [0.2, 0.25) is 0 Å². The van der Waals surface area contributed by atoms with E-state index in [1.54, 1.807) is 0 Å². The molecule has 5 heteroatoms. The molecule has 2 nitrogen and oxygen atoms in total. The van der Waals surface area contributed by atoms with E-state index in [1.807, 2.05) is 11.8 Å². The lowest BCUT2D eigenvalue weighted by molar-refractivity contribution is -0.144. The van der Waals surface area contributed by atoms with Gasteiger partial charge in [0.15, 0.2) is 0 Å². The summed E-state index contributed by atoms with van der Waals surface area (Å²) >= 11 is 0. The Morgan fingerprint density at radius 2 is 1.68 bits per heavy atom. The van der Waals surface area contributed by atoms with Crippen LogP contribution in [0.4, 0.5) is 13.2 Å². The molecule has 114 valence electrons. The van der Waals surface area contributed by atoms with E-state index >= 15 is 0 Å². The Kier molecular flexibility index (Phi) is 5.29. The lowest BCUT2D eigenvalue weighted by atomic mass is 9.83. The third-order valence-electron chi connectivity index (χ3n) is 4.88. The van der Waals surface area contributed by atoms with E-state index in [4.69, 9.17) is 0 Å². The molecule has 0 bridgehead atoms. The fourth-order valence-corrected chi connectivity index (χ4v) is 2.78. The minimum Gasteiger partial charge on any atom is -0.308 e. The van der Waals surface area contributed by atoms with Gasteiger partial charge in [-0.1, -0.05) is 20.8 Å². The molecule has 0 aromatic carbocycles. The van der Waals surface area contributed by atoms with Gasteiger partial charge in [0, 0.05) is 30.7 Å². The van der Waals surface area contributed by atoms with Gasteiger partial charge in [0.25, 0.3) is 0 Å². The summed E-state index contributed by atoms with van der Waals surface area (Å²) in [5.74, 6) is 0. The second-order valence-corrected chi connectivity index (χ2v) is 5.98. The second kappa shape index (κ2) is 6.00. The molecule has 1 rings (SSSR count). The molecule has 1 unspecified atom stereocenters. The van der Waals surface area contributed by atoms with E-state index in [2.05, 4.69) is 26.1 Å². The zero-order valence-electron chi connectivity index (χ0n) is 12.5. The second-order valence-electron chi connectivity index (χ2n) is 5.98. The van der Waals surface area contributed by atoms with E-state index in [0.717, 1.165) is 25.8 Å². The van der Waals surface area contributed by atoms with Crippen LogP contribution in [-0.2, 0) is 0 Å². The molecule has 0 radical (unpaired) electrons. The maximum Gasteiger partial charge on any atom is 0.390 e. The SMILES string of the molecule is CCC1(CC)CN(CCC(F)(F)F)C(C)(CC)CN1. The molecule has 1 aliphatic heterocycles. The van der Waals surface area contributed by atoms with Gasteiger partial charge in [-0.2, -0.15) is 13.2 Å². The van der Waals surface area contributed by atoms with Crippen LogP contribution in [0.3, 0.4) is 0 Å². The fraction of sp³-hybridized carbons (Fsp3) is 1.00. The highest BCUT2D eigenvalue weighted by Crippen LogP contribution is 2.32. The molecule has 19 heavy (non-hydrogen) atoms. The van der Waals surface area contributed by atoms with Crippen molar-refractivity contribution in [1.82, 2.24) is 10.2 Å². The molecule has 1 saturated heterocycles. The first kappa shape index (κ1) is 16.8. The van der Waals surface area contributed by atoms with Crippen molar-refractivity contribution in [1.29, 1.82) is 0 Å². The Morgan fingerprint density at radius 1 is 1.11 bits per heavy atom. The van der Waals surface area contributed by atoms with Gasteiger partial charge in [0.2, 0.25) is 0 Å². The first-order chi connectivity index (χ1) is 8.70. The average Bonchev–Trinajstić information content (AvgIpc) is 2.37. The molecule has 1 heterocycles. The lowest BCUT2D eigenvalue weighted by Gasteiger charge is -2.53. The van der Waals surface area contributed by atoms with Crippen LogP contribution < -0.4 is 5.32 Å². The van der Waals surface area contributed by atoms with Crippen LogP contribution in [0.5, 0.6) is 0 Å². The summed E-state index contributed by atoms with van der Waals surface area (Å²) in [5.41, 5.74) is -0.195. The molecule has 0 aromatic rings. The Balaban J connectivity index is 2.79. The molecule has 0 aliphatic carbocycles. The predicted octanol–water partition coefficient (Wildman–Crippen LogP) is 3.57. The van der Waals surface area contributed by atoms with E-state index in [1.165, 1.54) is 0 Å².